The predicted molar refractivity (Wildman–Crippen MR) is 72.9 cm³/mol. The van der Waals surface area contributed by atoms with Gasteiger partial charge in [0.05, 0.1) is 0 Å². The van der Waals surface area contributed by atoms with E-state index in [1.165, 1.54) is 0 Å². The molecule has 4 heteroatoms. The SMILES string of the molecule is Cc1cccc(N2CC(=O)N3CCCCC3C2=O)c1. The van der Waals surface area contributed by atoms with Crippen LogP contribution in [0.4, 0.5) is 5.69 Å². The lowest BCUT2D eigenvalue weighted by Crippen LogP contribution is -2.61. The second kappa shape index (κ2) is 4.68. The lowest BCUT2D eigenvalue weighted by molar-refractivity contribution is -0.144. The molecule has 0 radical (unpaired) electrons. The van der Waals surface area contributed by atoms with Crippen LogP contribution in [-0.4, -0.2) is 35.8 Å². The largest absolute Gasteiger partial charge is 0.329 e. The minimum absolute atomic E-state index is 0.0740. The van der Waals surface area contributed by atoms with Crippen molar-refractivity contribution in [1.82, 2.24) is 4.90 Å². The average Bonchev–Trinajstić information content (AvgIpc) is 2.43. The molecule has 1 aromatic carbocycles. The number of nitrogens with zero attached hydrogens (tertiary/aromatic N) is 2. The van der Waals surface area contributed by atoms with Crippen molar-refractivity contribution in [2.75, 3.05) is 18.0 Å². The second-order valence-electron chi connectivity index (χ2n) is 5.36. The number of hydrogen-bond acceptors (Lipinski definition) is 2. The van der Waals surface area contributed by atoms with E-state index in [0.29, 0.717) is 0 Å². The molecule has 3 rings (SSSR count). The first-order chi connectivity index (χ1) is 9.16. The van der Waals surface area contributed by atoms with Gasteiger partial charge in [0.15, 0.2) is 0 Å². The highest BCUT2D eigenvalue weighted by Crippen LogP contribution is 2.27. The molecule has 0 spiro atoms. The fourth-order valence-corrected chi connectivity index (χ4v) is 2.99. The Labute approximate surface area is 113 Å². The Hall–Kier alpha value is -1.84. The average molecular weight is 258 g/mol. The zero-order valence-electron chi connectivity index (χ0n) is 11.1. The van der Waals surface area contributed by atoms with Gasteiger partial charge in [-0.2, -0.15) is 0 Å². The van der Waals surface area contributed by atoms with Gasteiger partial charge in [-0.1, -0.05) is 12.1 Å². The van der Waals surface area contributed by atoms with Gasteiger partial charge in [-0.3, -0.25) is 9.59 Å². The Morgan fingerprint density at radius 1 is 1.21 bits per heavy atom. The maximum absolute atomic E-state index is 12.5. The van der Waals surface area contributed by atoms with Gasteiger partial charge in [-0.05, 0) is 43.9 Å². The third-order valence-corrected chi connectivity index (χ3v) is 3.98. The highest BCUT2D eigenvalue weighted by molar-refractivity contribution is 6.06. The van der Waals surface area contributed by atoms with Gasteiger partial charge in [-0.15, -0.1) is 0 Å². The standard InChI is InChI=1S/C15H18N2O2/c1-11-5-4-6-12(9-11)17-10-14(18)16-8-3-2-7-13(16)15(17)19/h4-6,9,13H,2-3,7-8,10H2,1H3. The van der Waals surface area contributed by atoms with E-state index in [0.717, 1.165) is 37.1 Å². The van der Waals surface area contributed by atoms with Gasteiger partial charge < -0.3 is 9.80 Å². The summed E-state index contributed by atoms with van der Waals surface area (Å²) in [5.41, 5.74) is 1.94. The zero-order valence-corrected chi connectivity index (χ0v) is 11.1. The fourth-order valence-electron chi connectivity index (χ4n) is 2.99. The number of benzene rings is 1. The van der Waals surface area contributed by atoms with Crippen LogP contribution in [0.25, 0.3) is 0 Å². The Bertz CT molecular complexity index is 527. The monoisotopic (exact) mass is 258 g/mol. The number of carbonyl (C=O) groups excluding carboxylic acids is 2. The van der Waals surface area contributed by atoms with Crippen molar-refractivity contribution < 1.29 is 9.59 Å². The van der Waals surface area contributed by atoms with Crippen molar-refractivity contribution in [1.29, 1.82) is 0 Å². The molecule has 2 fully saturated rings. The summed E-state index contributed by atoms with van der Waals surface area (Å²) >= 11 is 0. The Morgan fingerprint density at radius 2 is 2.05 bits per heavy atom. The van der Waals surface area contributed by atoms with Gasteiger partial charge in [-0.25, -0.2) is 0 Å². The highest BCUT2D eigenvalue weighted by atomic mass is 16.2. The maximum Gasteiger partial charge on any atom is 0.250 e. The number of hydrogen-bond donors (Lipinski definition) is 0. The summed E-state index contributed by atoms with van der Waals surface area (Å²) in [6.45, 7) is 2.91. The van der Waals surface area contributed by atoms with Gasteiger partial charge in [0.2, 0.25) is 11.8 Å². The van der Waals surface area contributed by atoms with E-state index in [9.17, 15) is 9.59 Å². The summed E-state index contributed by atoms with van der Waals surface area (Å²) in [5.74, 6) is 0.149. The van der Waals surface area contributed by atoms with Gasteiger partial charge in [0, 0.05) is 12.2 Å². The first-order valence-corrected chi connectivity index (χ1v) is 6.84. The van der Waals surface area contributed by atoms with Crippen molar-refractivity contribution in [3.8, 4) is 0 Å². The summed E-state index contributed by atoms with van der Waals surface area (Å²) < 4.78 is 0. The molecule has 100 valence electrons. The van der Waals surface area contributed by atoms with Crippen LogP contribution in [0.3, 0.4) is 0 Å². The number of aryl methyl sites for hydroxylation is 1. The summed E-state index contributed by atoms with van der Waals surface area (Å²) in [6, 6.07) is 7.54. The smallest absolute Gasteiger partial charge is 0.250 e. The maximum atomic E-state index is 12.5. The molecule has 1 unspecified atom stereocenters. The number of anilines is 1. The first-order valence-electron chi connectivity index (χ1n) is 6.84. The number of rotatable bonds is 1. The van der Waals surface area contributed by atoms with Crippen molar-refractivity contribution in [3.63, 3.8) is 0 Å². The molecule has 4 nitrogen and oxygen atoms in total. The van der Waals surface area contributed by atoms with Crippen LogP contribution < -0.4 is 4.90 Å². The van der Waals surface area contributed by atoms with Crippen LogP contribution >= 0.6 is 0 Å². The molecule has 1 aromatic rings. The Balaban J connectivity index is 1.91. The molecule has 0 aliphatic carbocycles. The third-order valence-electron chi connectivity index (χ3n) is 3.98. The summed E-state index contributed by atoms with van der Waals surface area (Å²) in [5, 5.41) is 0. The van der Waals surface area contributed by atoms with Gasteiger partial charge in [0.1, 0.15) is 12.6 Å². The normalized spacial score (nSPS) is 23.5. The van der Waals surface area contributed by atoms with Crippen LogP contribution in [-0.2, 0) is 9.59 Å². The van der Waals surface area contributed by atoms with Gasteiger partial charge in [0.25, 0.3) is 0 Å². The van der Waals surface area contributed by atoms with E-state index in [4.69, 9.17) is 0 Å². The third kappa shape index (κ3) is 2.11. The highest BCUT2D eigenvalue weighted by Gasteiger charge is 2.40. The molecule has 19 heavy (non-hydrogen) atoms. The van der Waals surface area contributed by atoms with Crippen LogP contribution in [0.1, 0.15) is 24.8 Å². The quantitative estimate of drug-likeness (QED) is 0.769. The van der Waals surface area contributed by atoms with Crippen LogP contribution in [0, 0.1) is 6.92 Å². The second-order valence-corrected chi connectivity index (χ2v) is 5.36. The molecule has 2 aliphatic heterocycles. The number of piperazine rings is 1. The van der Waals surface area contributed by atoms with Crippen molar-refractivity contribution >= 4 is 17.5 Å². The van der Waals surface area contributed by atoms with Crippen LogP contribution in [0.2, 0.25) is 0 Å². The Kier molecular flexibility index (Phi) is 3.01. The summed E-state index contributed by atoms with van der Waals surface area (Å²) in [7, 11) is 0. The molecule has 2 saturated heterocycles. The zero-order chi connectivity index (χ0) is 13.4. The van der Waals surface area contributed by atoms with Crippen molar-refractivity contribution in [3.05, 3.63) is 29.8 Å². The number of amides is 2. The molecular formula is C15H18N2O2. The molecule has 2 heterocycles. The molecular weight excluding hydrogens is 240 g/mol. The van der Waals surface area contributed by atoms with E-state index in [-0.39, 0.29) is 24.4 Å². The van der Waals surface area contributed by atoms with Gasteiger partial charge >= 0.3 is 0 Å². The molecule has 0 aromatic heterocycles. The molecule has 2 amide bonds. The number of piperidine rings is 1. The van der Waals surface area contributed by atoms with E-state index in [1.807, 2.05) is 31.2 Å². The molecule has 0 bridgehead atoms. The van der Waals surface area contributed by atoms with Crippen molar-refractivity contribution in [2.24, 2.45) is 0 Å². The number of carbonyl (C=O) groups is 2. The van der Waals surface area contributed by atoms with Crippen molar-refractivity contribution in [2.45, 2.75) is 32.2 Å². The lowest BCUT2D eigenvalue weighted by Gasteiger charge is -2.42. The first kappa shape index (κ1) is 12.2. The van der Waals surface area contributed by atoms with Crippen LogP contribution in [0.15, 0.2) is 24.3 Å². The topological polar surface area (TPSA) is 40.6 Å². The van der Waals surface area contributed by atoms with Crippen LogP contribution in [0.5, 0.6) is 0 Å². The van der Waals surface area contributed by atoms with E-state index in [1.54, 1.807) is 9.80 Å². The predicted octanol–water partition coefficient (Wildman–Crippen LogP) is 1.72. The number of fused-ring (bicyclic) bond motifs is 1. The summed E-state index contributed by atoms with van der Waals surface area (Å²) in [4.78, 5) is 28.1. The minimum atomic E-state index is -0.240. The molecule has 0 saturated carbocycles. The Morgan fingerprint density at radius 3 is 2.84 bits per heavy atom. The molecule has 0 N–H and O–H groups in total. The lowest BCUT2D eigenvalue weighted by atomic mass is 9.98. The molecule has 1 atom stereocenters. The summed E-state index contributed by atoms with van der Waals surface area (Å²) in [6.07, 6.45) is 2.84. The van der Waals surface area contributed by atoms with E-state index in [2.05, 4.69) is 0 Å². The molecule has 2 aliphatic rings. The van der Waals surface area contributed by atoms with E-state index < -0.39 is 0 Å². The van der Waals surface area contributed by atoms with E-state index >= 15 is 0 Å². The minimum Gasteiger partial charge on any atom is -0.329 e. The fraction of sp³-hybridized carbons (Fsp3) is 0.467.